The molecule has 0 spiro atoms. The zero-order valence-corrected chi connectivity index (χ0v) is 13.8. The van der Waals surface area contributed by atoms with Crippen molar-refractivity contribution in [2.24, 2.45) is 12.0 Å². The van der Waals surface area contributed by atoms with E-state index in [0.717, 1.165) is 21.7 Å². The molecule has 0 aliphatic carbocycles. The van der Waals surface area contributed by atoms with Gasteiger partial charge in [0.1, 0.15) is 4.88 Å². The number of amides is 1. The smallest absolute Gasteiger partial charge is 0.293 e. The molecule has 3 rings (SSSR count). The SMILES string of the molecule is Cc1cc2sc(=NC(=O)c3snnc3C)n(C)c2cc1C. The number of rotatable bonds is 1. The largest absolute Gasteiger partial charge is 0.319 e. The molecule has 0 aliphatic rings. The molecule has 0 atom stereocenters. The summed E-state index contributed by atoms with van der Waals surface area (Å²) in [6, 6.07) is 4.27. The highest BCUT2D eigenvalue weighted by Crippen LogP contribution is 2.21. The van der Waals surface area contributed by atoms with E-state index in [1.165, 1.54) is 22.5 Å². The molecule has 0 unspecified atom stereocenters. The Balaban J connectivity index is 2.17. The average molecular weight is 318 g/mol. The van der Waals surface area contributed by atoms with Crippen molar-refractivity contribution < 1.29 is 4.79 Å². The van der Waals surface area contributed by atoms with Gasteiger partial charge in [0.25, 0.3) is 5.91 Å². The molecule has 0 bridgehead atoms. The predicted octanol–water partition coefficient (Wildman–Crippen LogP) is 2.76. The molecule has 0 N–H and O–H groups in total. The summed E-state index contributed by atoms with van der Waals surface area (Å²) in [5.74, 6) is -0.280. The van der Waals surface area contributed by atoms with Crippen molar-refractivity contribution >= 4 is 39.0 Å². The lowest BCUT2D eigenvalue weighted by Gasteiger charge is -2.00. The fourth-order valence-electron chi connectivity index (χ4n) is 2.05. The maximum absolute atomic E-state index is 12.2. The van der Waals surface area contributed by atoms with Gasteiger partial charge in [0.2, 0.25) is 0 Å². The van der Waals surface area contributed by atoms with E-state index in [1.54, 1.807) is 6.92 Å². The van der Waals surface area contributed by atoms with E-state index in [4.69, 9.17) is 0 Å². The molecular weight excluding hydrogens is 304 g/mol. The van der Waals surface area contributed by atoms with E-state index in [-0.39, 0.29) is 5.91 Å². The minimum absolute atomic E-state index is 0.280. The molecule has 21 heavy (non-hydrogen) atoms. The first-order valence-electron chi connectivity index (χ1n) is 6.42. The van der Waals surface area contributed by atoms with Gasteiger partial charge in [-0.25, -0.2) is 0 Å². The Kier molecular flexibility index (Phi) is 3.46. The van der Waals surface area contributed by atoms with Gasteiger partial charge in [0.15, 0.2) is 4.80 Å². The summed E-state index contributed by atoms with van der Waals surface area (Å²) < 4.78 is 6.86. The summed E-state index contributed by atoms with van der Waals surface area (Å²) in [5.41, 5.74) is 4.19. The van der Waals surface area contributed by atoms with Gasteiger partial charge in [-0.3, -0.25) is 4.79 Å². The van der Waals surface area contributed by atoms with E-state index in [0.29, 0.717) is 15.4 Å². The van der Waals surface area contributed by atoms with Crippen LogP contribution in [-0.4, -0.2) is 20.1 Å². The van der Waals surface area contributed by atoms with Crippen molar-refractivity contribution in [1.29, 1.82) is 0 Å². The molecule has 0 saturated heterocycles. The number of carbonyl (C=O) groups excluding carboxylic acids is 1. The van der Waals surface area contributed by atoms with Crippen molar-refractivity contribution in [3.05, 3.63) is 38.6 Å². The van der Waals surface area contributed by atoms with Crippen molar-refractivity contribution in [2.75, 3.05) is 0 Å². The van der Waals surface area contributed by atoms with Crippen molar-refractivity contribution in [3.8, 4) is 0 Å². The highest BCUT2D eigenvalue weighted by molar-refractivity contribution is 7.16. The van der Waals surface area contributed by atoms with E-state index >= 15 is 0 Å². The van der Waals surface area contributed by atoms with Gasteiger partial charge in [-0.2, -0.15) is 4.99 Å². The summed E-state index contributed by atoms with van der Waals surface area (Å²) in [6.45, 7) is 5.94. The summed E-state index contributed by atoms with van der Waals surface area (Å²) >= 11 is 2.60. The van der Waals surface area contributed by atoms with Crippen molar-refractivity contribution in [3.63, 3.8) is 0 Å². The summed E-state index contributed by atoms with van der Waals surface area (Å²) in [5, 5.41) is 3.85. The number of nitrogens with zero attached hydrogens (tertiary/aromatic N) is 4. The predicted molar refractivity (Wildman–Crippen MR) is 84.8 cm³/mol. The van der Waals surface area contributed by atoms with Crippen LogP contribution in [0.15, 0.2) is 17.1 Å². The molecule has 108 valence electrons. The van der Waals surface area contributed by atoms with Crippen LogP contribution in [0.5, 0.6) is 0 Å². The minimum atomic E-state index is -0.280. The Morgan fingerprint density at radius 3 is 2.62 bits per heavy atom. The topological polar surface area (TPSA) is 60.1 Å². The van der Waals surface area contributed by atoms with Crippen LogP contribution in [-0.2, 0) is 7.05 Å². The summed E-state index contributed by atoms with van der Waals surface area (Å²) in [4.78, 5) is 17.6. The van der Waals surface area contributed by atoms with Gasteiger partial charge < -0.3 is 4.57 Å². The first-order chi connectivity index (χ1) is 9.97. The average Bonchev–Trinajstić information content (AvgIpc) is 2.97. The van der Waals surface area contributed by atoms with E-state index in [1.807, 2.05) is 11.6 Å². The zero-order chi connectivity index (χ0) is 15.1. The Morgan fingerprint density at radius 2 is 1.95 bits per heavy atom. The highest BCUT2D eigenvalue weighted by atomic mass is 32.1. The number of fused-ring (bicyclic) bond motifs is 1. The Bertz CT molecular complexity index is 917. The van der Waals surface area contributed by atoms with Crippen LogP contribution < -0.4 is 4.80 Å². The van der Waals surface area contributed by atoms with Crippen LogP contribution in [0.25, 0.3) is 10.2 Å². The Morgan fingerprint density at radius 1 is 1.24 bits per heavy atom. The molecule has 0 fully saturated rings. The Labute approximate surface area is 129 Å². The lowest BCUT2D eigenvalue weighted by molar-refractivity contribution is 0.100. The van der Waals surface area contributed by atoms with E-state index < -0.39 is 0 Å². The van der Waals surface area contributed by atoms with Gasteiger partial charge in [-0.05, 0) is 55.6 Å². The molecule has 1 amide bonds. The van der Waals surface area contributed by atoms with Crippen LogP contribution in [0.1, 0.15) is 26.5 Å². The molecule has 7 heteroatoms. The quantitative estimate of drug-likeness (QED) is 0.693. The van der Waals surface area contributed by atoms with Gasteiger partial charge in [0, 0.05) is 7.05 Å². The first kappa shape index (κ1) is 14.1. The third-order valence-electron chi connectivity index (χ3n) is 3.47. The number of carbonyl (C=O) groups is 1. The molecule has 0 radical (unpaired) electrons. The molecule has 0 aliphatic heterocycles. The lowest BCUT2D eigenvalue weighted by atomic mass is 10.1. The molecular formula is C14H14N4OS2. The second kappa shape index (κ2) is 5.16. The van der Waals surface area contributed by atoms with Crippen molar-refractivity contribution in [1.82, 2.24) is 14.2 Å². The molecule has 1 aromatic carbocycles. The highest BCUT2D eigenvalue weighted by Gasteiger charge is 2.13. The second-order valence-corrected chi connectivity index (χ2v) is 6.72. The normalized spacial score (nSPS) is 12.3. The maximum atomic E-state index is 12.2. The van der Waals surface area contributed by atoms with E-state index in [9.17, 15) is 4.79 Å². The zero-order valence-electron chi connectivity index (χ0n) is 12.2. The van der Waals surface area contributed by atoms with Crippen molar-refractivity contribution in [2.45, 2.75) is 20.8 Å². The van der Waals surface area contributed by atoms with Crippen LogP contribution >= 0.6 is 22.9 Å². The molecule has 2 aromatic heterocycles. The van der Waals surface area contributed by atoms with Gasteiger partial charge in [0.05, 0.1) is 15.9 Å². The molecule has 2 heterocycles. The molecule has 0 saturated carbocycles. The first-order valence-corrected chi connectivity index (χ1v) is 8.01. The molecule has 5 nitrogen and oxygen atoms in total. The number of benzene rings is 1. The number of hydrogen-bond donors (Lipinski definition) is 0. The number of aromatic nitrogens is 3. The van der Waals surface area contributed by atoms with Gasteiger partial charge >= 0.3 is 0 Å². The lowest BCUT2D eigenvalue weighted by Crippen LogP contribution is -2.13. The maximum Gasteiger partial charge on any atom is 0.293 e. The fraction of sp³-hybridized carbons (Fsp3) is 0.286. The summed E-state index contributed by atoms with van der Waals surface area (Å²) in [7, 11) is 1.93. The standard InChI is InChI=1S/C14H14N4OS2/c1-7-5-10-11(6-8(7)2)20-14(18(10)4)15-13(19)12-9(3)16-17-21-12/h5-6H,1-4H3. The fourth-order valence-corrected chi connectivity index (χ4v) is 3.69. The third-order valence-corrected chi connectivity index (χ3v) is 5.38. The van der Waals surface area contributed by atoms with Crippen LogP contribution in [0.2, 0.25) is 0 Å². The van der Waals surface area contributed by atoms with E-state index in [2.05, 4.69) is 40.6 Å². The number of aryl methyl sites for hydroxylation is 4. The van der Waals surface area contributed by atoms with Gasteiger partial charge in [-0.15, -0.1) is 5.10 Å². The molecule has 3 aromatic rings. The second-order valence-electron chi connectivity index (χ2n) is 4.95. The van der Waals surface area contributed by atoms with Crippen LogP contribution in [0, 0.1) is 20.8 Å². The van der Waals surface area contributed by atoms with Gasteiger partial charge in [-0.1, -0.05) is 15.8 Å². The number of hydrogen-bond acceptors (Lipinski definition) is 5. The monoisotopic (exact) mass is 318 g/mol. The van der Waals surface area contributed by atoms with Crippen LogP contribution in [0.3, 0.4) is 0 Å². The number of thiazole rings is 1. The Hall–Kier alpha value is -1.86. The van der Waals surface area contributed by atoms with Crippen LogP contribution in [0.4, 0.5) is 0 Å². The summed E-state index contributed by atoms with van der Waals surface area (Å²) in [6.07, 6.45) is 0. The minimum Gasteiger partial charge on any atom is -0.319 e. The third kappa shape index (κ3) is 2.43.